The van der Waals surface area contributed by atoms with Gasteiger partial charge in [-0.1, -0.05) is 26.2 Å². The first-order valence-corrected chi connectivity index (χ1v) is 20.6. The highest BCUT2D eigenvalue weighted by Crippen LogP contribution is 2.43. The van der Waals surface area contributed by atoms with Crippen molar-refractivity contribution in [1.82, 2.24) is 0 Å². The van der Waals surface area contributed by atoms with Gasteiger partial charge in [0, 0.05) is 7.11 Å². The van der Waals surface area contributed by atoms with Crippen LogP contribution in [0.15, 0.2) is 0 Å². The van der Waals surface area contributed by atoms with Crippen molar-refractivity contribution in [2.45, 2.75) is 58.5 Å². The molecule has 96 valence electrons. The fourth-order valence-corrected chi connectivity index (χ4v) is 68.5. The molecular weight excluding hydrogens is 264 g/mol. The van der Waals surface area contributed by atoms with Gasteiger partial charge in [-0.25, -0.2) is 0 Å². The maximum Gasteiger partial charge on any atom is 0.199 e. The predicted octanol–water partition coefficient (Wildman–Crippen LogP) is 3.02. The SMILES string of the molecule is CO[Si]1(C)C(C)O[Si](C)(C)[Si](C)(C)[Si]1(C)C. The van der Waals surface area contributed by atoms with E-state index in [1.54, 1.807) is 0 Å². The smallest absolute Gasteiger partial charge is 0.199 e. The molecule has 0 amide bonds. The number of hydrogen-bond acceptors (Lipinski definition) is 2. The van der Waals surface area contributed by atoms with E-state index in [2.05, 4.69) is 52.8 Å². The average Bonchev–Trinajstić information content (AvgIpc) is 2.13. The van der Waals surface area contributed by atoms with Crippen LogP contribution in [0.3, 0.4) is 0 Å². The van der Waals surface area contributed by atoms with Crippen molar-refractivity contribution in [3.05, 3.63) is 0 Å². The molecule has 0 aromatic rings. The molecule has 16 heavy (non-hydrogen) atoms. The fraction of sp³-hybridized carbons (Fsp3) is 1.00. The molecule has 2 nitrogen and oxygen atoms in total. The Bertz CT molecular complexity index is 284. The van der Waals surface area contributed by atoms with Crippen molar-refractivity contribution in [3.63, 3.8) is 0 Å². The first kappa shape index (κ1) is 14.8. The molecule has 1 saturated heterocycles. The Hall–Kier alpha value is 0.788. The summed E-state index contributed by atoms with van der Waals surface area (Å²) in [6.07, 6.45) is 0. The zero-order chi connectivity index (χ0) is 13.0. The Morgan fingerprint density at radius 2 is 1.31 bits per heavy atom. The molecule has 0 saturated carbocycles. The molecule has 2 atom stereocenters. The Morgan fingerprint density at radius 1 is 0.875 bits per heavy atom. The summed E-state index contributed by atoms with van der Waals surface area (Å²) in [5.41, 5.74) is 0.390. The topological polar surface area (TPSA) is 18.5 Å². The lowest BCUT2D eigenvalue weighted by Crippen LogP contribution is -2.88. The van der Waals surface area contributed by atoms with Gasteiger partial charge in [-0.05, 0) is 26.6 Å². The van der Waals surface area contributed by atoms with Crippen molar-refractivity contribution in [1.29, 1.82) is 0 Å². The minimum absolute atomic E-state index is 0.390. The molecule has 1 aliphatic heterocycles. The van der Waals surface area contributed by atoms with Gasteiger partial charge in [-0.15, -0.1) is 0 Å². The monoisotopic (exact) mass is 292 g/mol. The third-order valence-electron chi connectivity index (χ3n) is 5.98. The summed E-state index contributed by atoms with van der Waals surface area (Å²) < 4.78 is 12.6. The summed E-state index contributed by atoms with van der Waals surface area (Å²) in [6, 6.07) is 0. The Kier molecular flexibility index (Phi) is 3.61. The van der Waals surface area contributed by atoms with Crippen molar-refractivity contribution >= 4 is 29.9 Å². The molecule has 0 radical (unpaired) electrons. The van der Waals surface area contributed by atoms with E-state index in [0.717, 1.165) is 0 Å². The highest BCUT2D eigenvalue weighted by Gasteiger charge is 2.69. The molecule has 1 rings (SSSR count). The van der Waals surface area contributed by atoms with Gasteiger partial charge in [0.25, 0.3) is 0 Å². The van der Waals surface area contributed by atoms with Gasteiger partial charge >= 0.3 is 0 Å². The van der Waals surface area contributed by atoms with Crippen molar-refractivity contribution < 1.29 is 8.85 Å². The molecule has 1 heterocycles. The van der Waals surface area contributed by atoms with Crippen LogP contribution in [0.2, 0.25) is 45.8 Å². The maximum atomic E-state index is 6.50. The van der Waals surface area contributed by atoms with E-state index in [4.69, 9.17) is 8.85 Å². The van der Waals surface area contributed by atoms with Crippen molar-refractivity contribution in [2.75, 3.05) is 7.11 Å². The molecule has 2 unspecified atom stereocenters. The van der Waals surface area contributed by atoms with Crippen LogP contribution in [0, 0.1) is 0 Å². The fourth-order valence-electron chi connectivity index (χ4n) is 3.00. The quantitative estimate of drug-likeness (QED) is 0.692. The van der Waals surface area contributed by atoms with E-state index in [9.17, 15) is 0 Å². The molecular formula is C10H28O2Si4. The molecule has 1 aliphatic rings. The summed E-state index contributed by atoms with van der Waals surface area (Å²) >= 11 is 0. The third-order valence-corrected chi connectivity index (χ3v) is 69.7. The third kappa shape index (κ3) is 1.61. The van der Waals surface area contributed by atoms with Gasteiger partial charge in [0.1, 0.15) is 0 Å². The second-order valence-corrected chi connectivity index (χ2v) is 44.6. The molecule has 0 bridgehead atoms. The summed E-state index contributed by atoms with van der Waals surface area (Å²) in [5.74, 6) is 0. The van der Waals surface area contributed by atoms with Crippen molar-refractivity contribution in [2.24, 2.45) is 0 Å². The highest BCUT2D eigenvalue weighted by atomic mass is 29.8. The lowest BCUT2D eigenvalue weighted by molar-refractivity contribution is 0.250. The van der Waals surface area contributed by atoms with Crippen LogP contribution >= 0.6 is 0 Å². The van der Waals surface area contributed by atoms with Crippen LogP contribution in [0.25, 0.3) is 0 Å². The molecule has 0 spiro atoms. The Balaban J connectivity index is 3.33. The van der Waals surface area contributed by atoms with Crippen LogP contribution in [0.4, 0.5) is 0 Å². The van der Waals surface area contributed by atoms with E-state index >= 15 is 0 Å². The lowest BCUT2D eigenvalue weighted by atomic mass is 10.9. The summed E-state index contributed by atoms with van der Waals surface area (Å²) in [4.78, 5) is 0. The van der Waals surface area contributed by atoms with Gasteiger partial charge in [0.2, 0.25) is 0 Å². The van der Waals surface area contributed by atoms with Gasteiger partial charge < -0.3 is 8.85 Å². The molecule has 0 aliphatic carbocycles. The van der Waals surface area contributed by atoms with Gasteiger partial charge in [-0.2, -0.15) is 0 Å². The highest BCUT2D eigenvalue weighted by molar-refractivity contribution is 7.82. The second kappa shape index (κ2) is 3.89. The largest absolute Gasteiger partial charge is 0.421 e. The normalized spacial score (nSPS) is 40.7. The molecule has 0 aromatic heterocycles. The van der Waals surface area contributed by atoms with E-state index in [0.29, 0.717) is 5.73 Å². The lowest BCUT2D eigenvalue weighted by Gasteiger charge is -2.61. The maximum absolute atomic E-state index is 6.50. The van der Waals surface area contributed by atoms with Crippen molar-refractivity contribution in [3.8, 4) is 0 Å². The van der Waals surface area contributed by atoms with Gasteiger partial charge in [0.05, 0.1) is 19.9 Å². The first-order valence-electron chi connectivity index (χ1n) is 6.17. The van der Waals surface area contributed by atoms with E-state index in [-0.39, 0.29) is 0 Å². The van der Waals surface area contributed by atoms with Gasteiger partial charge in [-0.3, -0.25) is 0 Å². The predicted molar refractivity (Wildman–Crippen MR) is 81.6 cm³/mol. The van der Waals surface area contributed by atoms with Crippen LogP contribution in [-0.4, -0.2) is 42.7 Å². The molecule has 0 N–H and O–H groups in total. The second-order valence-electron chi connectivity index (χ2n) is 6.83. The zero-order valence-corrected chi connectivity index (χ0v) is 16.4. The van der Waals surface area contributed by atoms with Crippen LogP contribution in [0.5, 0.6) is 0 Å². The number of hydrogen-bond donors (Lipinski definition) is 0. The summed E-state index contributed by atoms with van der Waals surface area (Å²) in [6.45, 7) is 19.9. The molecule has 1 fully saturated rings. The van der Waals surface area contributed by atoms with Crippen LogP contribution < -0.4 is 0 Å². The van der Waals surface area contributed by atoms with E-state index in [1.165, 1.54) is 0 Å². The minimum atomic E-state index is -1.65. The first-order chi connectivity index (χ1) is 6.94. The molecule has 6 heteroatoms. The Morgan fingerprint density at radius 3 is 1.69 bits per heavy atom. The average molecular weight is 293 g/mol. The standard InChI is InChI=1S/C10H28O2Si4/c1-10-12-13(3,4)14(5,6)15(7,8)16(10,9)11-2/h10H,1-9H3. The van der Waals surface area contributed by atoms with Gasteiger partial charge in [0.15, 0.2) is 15.7 Å². The van der Waals surface area contributed by atoms with E-state index in [1.807, 2.05) is 7.11 Å². The Labute approximate surface area is 104 Å². The molecule has 0 aromatic carbocycles. The number of rotatable bonds is 1. The van der Waals surface area contributed by atoms with E-state index < -0.39 is 29.9 Å². The zero-order valence-electron chi connectivity index (χ0n) is 12.4. The minimum Gasteiger partial charge on any atom is -0.421 e. The van der Waals surface area contributed by atoms with Crippen LogP contribution in [0.1, 0.15) is 6.92 Å². The summed E-state index contributed by atoms with van der Waals surface area (Å²) in [5, 5.41) is 0. The summed E-state index contributed by atoms with van der Waals surface area (Å²) in [7, 11) is -3.73. The van der Waals surface area contributed by atoms with Crippen LogP contribution in [-0.2, 0) is 8.85 Å².